The first-order valence-electron chi connectivity index (χ1n) is 5.02. The highest BCUT2D eigenvalue weighted by molar-refractivity contribution is 6.31. The van der Waals surface area contributed by atoms with Crippen molar-refractivity contribution in [1.29, 1.82) is 0 Å². The quantitative estimate of drug-likeness (QED) is 0.855. The Morgan fingerprint density at radius 1 is 1.56 bits per heavy atom. The van der Waals surface area contributed by atoms with Crippen molar-refractivity contribution in [3.63, 3.8) is 0 Å². The van der Waals surface area contributed by atoms with E-state index in [1.54, 1.807) is 0 Å². The largest absolute Gasteiger partial charge is 0.480 e. The number of hydrogen-bond donors (Lipinski definition) is 2. The van der Waals surface area contributed by atoms with E-state index >= 15 is 0 Å². The molecule has 0 spiro atoms. The molecular weight excluding hydrogens is 233 g/mol. The second kappa shape index (κ2) is 4.29. The molecule has 2 rings (SSSR count). The molecule has 86 valence electrons. The number of nitrogens with one attached hydrogen (secondary N) is 1. The average Bonchev–Trinajstić information content (AvgIpc) is 3.03. The van der Waals surface area contributed by atoms with E-state index in [0.29, 0.717) is 5.69 Å². The maximum atomic E-state index is 12.9. The van der Waals surface area contributed by atoms with Crippen molar-refractivity contribution in [1.82, 2.24) is 0 Å². The lowest BCUT2D eigenvalue weighted by Gasteiger charge is -2.15. The molecular formula is C11H11ClFNO2. The van der Waals surface area contributed by atoms with Gasteiger partial charge in [0.25, 0.3) is 0 Å². The van der Waals surface area contributed by atoms with Crippen LogP contribution in [0.5, 0.6) is 0 Å². The highest BCUT2D eigenvalue weighted by Gasteiger charge is 2.36. The Morgan fingerprint density at radius 3 is 2.75 bits per heavy atom. The molecule has 0 bridgehead atoms. The highest BCUT2D eigenvalue weighted by atomic mass is 35.5. The van der Waals surface area contributed by atoms with Crippen LogP contribution >= 0.6 is 11.6 Å². The minimum absolute atomic E-state index is 0.00932. The summed E-state index contributed by atoms with van der Waals surface area (Å²) in [7, 11) is 0. The summed E-state index contributed by atoms with van der Waals surface area (Å²) in [6, 6.07) is 3.49. The van der Waals surface area contributed by atoms with E-state index in [9.17, 15) is 9.18 Å². The lowest BCUT2D eigenvalue weighted by molar-refractivity contribution is -0.138. The standard InChI is InChI=1S/C11H11ClFNO2/c12-8-5-7(3-4-9(8)13)14-10(11(15)16)6-1-2-6/h3-6,10,14H,1-2H2,(H,15,16). The molecule has 0 aliphatic heterocycles. The summed E-state index contributed by atoms with van der Waals surface area (Å²) < 4.78 is 12.9. The molecule has 0 radical (unpaired) electrons. The Kier molecular flexibility index (Phi) is 3.01. The summed E-state index contributed by atoms with van der Waals surface area (Å²) in [5.74, 6) is -1.23. The molecule has 1 saturated carbocycles. The normalized spacial score (nSPS) is 16.9. The fraction of sp³-hybridized carbons (Fsp3) is 0.364. The van der Waals surface area contributed by atoms with Gasteiger partial charge in [-0.2, -0.15) is 0 Å². The van der Waals surface area contributed by atoms with Gasteiger partial charge in [0.15, 0.2) is 0 Å². The van der Waals surface area contributed by atoms with Crippen LogP contribution in [0.4, 0.5) is 10.1 Å². The van der Waals surface area contributed by atoms with Crippen molar-refractivity contribution in [2.24, 2.45) is 5.92 Å². The lowest BCUT2D eigenvalue weighted by atomic mass is 10.1. The monoisotopic (exact) mass is 243 g/mol. The minimum atomic E-state index is -0.886. The number of benzene rings is 1. The summed E-state index contributed by atoms with van der Waals surface area (Å²) in [5.41, 5.74) is 0.533. The molecule has 1 aromatic rings. The molecule has 1 aromatic carbocycles. The Morgan fingerprint density at radius 2 is 2.25 bits per heavy atom. The van der Waals surface area contributed by atoms with Gasteiger partial charge in [0, 0.05) is 5.69 Å². The molecule has 16 heavy (non-hydrogen) atoms. The third-order valence-corrected chi connectivity index (χ3v) is 2.89. The van der Waals surface area contributed by atoms with Gasteiger partial charge in [0.05, 0.1) is 5.02 Å². The predicted octanol–water partition coefficient (Wildman–Crippen LogP) is 2.75. The van der Waals surface area contributed by atoms with Gasteiger partial charge in [-0.25, -0.2) is 9.18 Å². The van der Waals surface area contributed by atoms with Crippen LogP contribution in [-0.2, 0) is 4.79 Å². The summed E-state index contributed by atoms with van der Waals surface area (Å²) >= 11 is 5.61. The summed E-state index contributed by atoms with van der Waals surface area (Å²) in [6.45, 7) is 0. The van der Waals surface area contributed by atoms with Crippen molar-refractivity contribution >= 4 is 23.3 Å². The van der Waals surface area contributed by atoms with Gasteiger partial charge in [-0.1, -0.05) is 11.6 Å². The van der Waals surface area contributed by atoms with Crippen LogP contribution < -0.4 is 5.32 Å². The molecule has 0 aromatic heterocycles. The minimum Gasteiger partial charge on any atom is -0.480 e. The van der Waals surface area contributed by atoms with E-state index in [1.807, 2.05) is 0 Å². The second-order valence-electron chi connectivity index (χ2n) is 3.93. The maximum Gasteiger partial charge on any atom is 0.326 e. The van der Waals surface area contributed by atoms with Crippen LogP contribution in [-0.4, -0.2) is 17.1 Å². The third kappa shape index (κ3) is 2.44. The first kappa shape index (κ1) is 11.2. The molecule has 1 unspecified atom stereocenters. The molecule has 0 amide bonds. The molecule has 1 atom stereocenters. The zero-order valence-electron chi connectivity index (χ0n) is 8.41. The molecule has 2 N–H and O–H groups in total. The Bertz CT molecular complexity index is 420. The molecule has 0 saturated heterocycles. The summed E-state index contributed by atoms with van der Waals surface area (Å²) in [6.07, 6.45) is 1.83. The number of anilines is 1. The number of halogens is 2. The van der Waals surface area contributed by atoms with E-state index in [1.165, 1.54) is 18.2 Å². The van der Waals surface area contributed by atoms with Crippen molar-refractivity contribution in [2.45, 2.75) is 18.9 Å². The molecule has 3 nitrogen and oxygen atoms in total. The van der Waals surface area contributed by atoms with E-state index < -0.39 is 17.8 Å². The van der Waals surface area contributed by atoms with Gasteiger partial charge in [0.1, 0.15) is 11.9 Å². The maximum absolute atomic E-state index is 12.9. The van der Waals surface area contributed by atoms with Crippen LogP contribution in [0.25, 0.3) is 0 Å². The molecule has 1 fully saturated rings. The van der Waals surface area contributed by atoms with E-state index in [4.69, 9.17) is 16.7 Å². The fourth-order valence-electron chi connectivity index (χ4n) is 1.58. The number of hydrogen-bond acceptors (Lipinski definition) is 2. The van der Waals surface area contributed by atoms with Crippen LogP contribution in [0.1, 0.15) is 12.8 Å². The highest BCUT2D eigenvalue weighted by Crippen LogP contribution is 2.34. The van der Waals surface area contributed by atoms with Gasteiger partial charge in [-0.3, -0.25) is 0 Å². The fourth-order valence-corrected chi connectivity index (χ4v) is 1.76. The Labute approximate surface area is 97.2 Å². The zero-order chi connectivity index (χ0) is 11.7. The average molecular weight is 244 g/mol. The van der Waals surface area contributed by atoms with Crippen LogP contribution in [0.15, 0.2) is 18.2 Å². The van der Waals surface area contributed by atoms with Gasteiger partial charge >= 0.3 is 5.97 Å². The van der Waals surface area contributed by atoms with Crippen LogP contribution in [0, 0.1) is 11.7 Å². The number of carboxylic acid groups (broad SMARTS) is 1. The molecule has 5 heteroatoms. The number of aliphatic carboxylic acids is 1. The first-order valence-corrected chi connectivity index (χ1v) is 5.40. The molecule has 1 aliphatic rings. The Balaban J connectivity index is 2.12. The predicted molar refractivity (Wildman–Crippen MR) is 59.2 cm³/mol. The van der Waals surface area contributed by atoms with Crippen molar-refractivity contribution < 1.29 is 14.3 Å². The number of rotatable bonds is 4. The zero-order valence-corrected chi connectivity index (χ0v) is 9.17. The van der Waals surface area contributed by atoms with Gasteiger partial charge in [-0.15, -0.1) is 0 Å². The summed E-state index contributed by atoms with van der Waals surface area (Å²) in [4.78, 5) is 11.0. The molecule has 0 heterocycles. The van der Waals surface area contributed by atoms with E-state index in [0.717, 1.165) is 12.8 Å². The van der Waals surface area contributed by atoms with Gasteiger partial charge < -0.3 is 10.4 Å². The van der Waals surface area contributed by atoms with E-state index in [2.05, 4.69) is 5.32 Å². The first-order chi connectivity index (χ1) is 7.58. The topological polar surface area (TPSA) is 49.3 Å². The van der Waals surface area contributed by atoms with Crippen molar-refractivity contribution in [2.75, 3.05) is 5.32 Å². The third-order valence-electron chi connectivity index (χ3n) is 2.60. The Hall–Kier alpha value is -1.29. The van der Waals surface area contributed by atoms with Crippen molar-refractivity contribution in [3.8, 4) is 0 Å². The van der Waals surface area contributed by atoms with E-state index in [-0.39, 0.29) is 10.9 Å². The number of carboxylic acids is 1. The second-order valence-corrected chi connectivity index (χ2v) is 4.33. The lowest BCUT2D eigenvalue weighted by Crippen LogP contribution is -2.31. The SMILES string of the molecule is O=C(O)C(Nc1ccc(F)c(Cl)c1)C1CC1. The van der Waals surface area contributed by atoms with Crippen LogP contribution in [0.2, 0.25) is 5.02 Å². The van der Waals surface area contributed by atoms with Gasteiger partial charge in [0.2, 0.25) is 0 Å². The molecule has 1 aliphatic carbocycles. The van der Waals surface area contributed by atoms with Crippen LogP contribution in [0.3, 0.4) is 0 Å². The summed E-state index contributed by atoms with van der Waals surface area (Å²) in [5, 5.41) is 11.8. The smallest absolute Gasteiger partial charge is 0.326 e. The number of carbonyl (C=O) groups is 1. The van der Waals surface area contributed by atoms with Crippen molar-refractivity contribution in [3.05, 3.63) is 29.0 Å². The van der Waals surface area contributed by atoms with Gasteiger partial charge in [-0.05, 0) is 37.0 Å².